The lowest BCUT2D eigenvalue weighted by Gasteiger charge is -2.34. The lowest BCUT2D eigenvalue weighted by molar-refractivity contribution is 0.0632. The number of aryl methyl sites for hydroxylation is 3. The molecule has 0 radical (unpaired) electrons. The Morgan fingerprint density at radius 2 is 1.89 bits per heavy atom. The van der Waals surface area contributed by atoms with Gasteiger partial charge in [0.15, 0.2) is 0 Å². The van der Waals surface area contributed by atoms with Crippen LogP contribution < -0.4 is 0 Å². The number of carbonyl (C=O) groups is 1. The van der Waals surface area contributed by atoms with Crippen molar-refractivity contribution in [3.8, 4) is 10.4 Å². The third-order valence-electron chi connectivity index (χ3n) is 5.66. The summed E-state index contributed by atoms with van der Waals surface area (Å²) < 4.78 is 0. The number of rotatable bonds is 3. The van der Waals surface area contributed by atoms with Crippen LogP contribution in [0.2, 0.25) is 0 Å². The number of fused-ring (bicyclic) bond motifs is 3. The van der Waals surface area contributed by atoms with Gasteiger partial charge in [-0.1, -0.05) is 24.3 Å². The zero-order valence-corrected chi connectivity index (χ0v) is 17.6. The van der Waals surface area contributed by atoms with Crippen LogP contribution in [-0.2, 0) is 19.4 Å². The Labute approximate surface area is 173 Å². The summed E-state index contributed by atoms with van der Waals surface area (Å²) in [6.07, 6.45) is 2.11. The number of aromatic nitrogens is 1. The molecule has 1 aliphatic heterocycles. The van der Waals surface area contributed by atoms with Crippen molar-refractivity contribution in [3.63, 3.8) is 0 Å². The maximum Gasteiger partial charge on any atom is 0.264 e. The lowest BCUT2D eigenvalue weighted by Crippen LogP contribution is -2.48. The molecule has 0 unspecified atom stereocenters. The number of thiophene rings is 1. The standard InChI is InChI=1S/C22H23N3OS2/c1-15-23-18(14-27-15)13-24-8-10-25(11-9-24)22(26)20-12-17-7-6-16-4-2-3-5-19(16)21(17)28-20/h2-5,12,14H,6-11,13H2,1H3. The highest BCUT2D eigenvalue weighted by atomic mass is 32.1. The van der Waals surface area contributed by atoms with Crippen molar-refractivity contribution >= 4 is 28.6 Å². The van der Waals surface area contributed by atoms with Crippen molar-refractivity contribution in [1.29, 1.82) is 0 Å². The normalized spacial score (nSPS) is 16.7. The summed E-state index contributed by atoms with van der Waals surface area (Å²) in [6, 6.07) is 10.7. The molecule has 1 aliphatic carbocycles. The van der Waals surface area contributed by atoms with Crippen LogP contribution in [-0.4, -0.2) is 46.9 Å². The minimum atomic E-state index is 0.195. The smallest absolute Gasteiger partial charge is 0.264 e. The number of hydrogen-bond donors (Lipinski definition) is 0. The Kier molecular flexibility index (Phi) is 4.78. The molecule has 0 N–H and O–H groups in total. The van der Waals surface area contributed by atoms with E-state index in [4.69, 9.17) is 0 Å². The lowest BCUT2D eigenvalue weighted by atomic mass is 9.91. The third kappa shape index (κ3) is 3.41. The third-order valence-corrected chi connectivity index (χ3v) is 7.68. The van der Waals surface area contributed by atoms with Gasteiger partial charge in [-0.3, -0.25) is 9.69 Å². The highest BCUT2D eigenvalue weighted by Gasteiger charge is 2.26. The summed E-state index contributed by atoms with van der Waals surface area (Å²) in [5, 5.41) is 3.26. The summed E-state index contributed by atoms with van der Waals surface area (Å²) in [5.74, 6) is 0.195. The molecule has 2 aromatic heterocycles. The first-order valence-electron chi connectivity index (χ1n) is 9.81. The molecule has 1 saturated heterocycles. The fraction of sp³-hybridized carbons (Fsp3) is 0.364. The minimum Gasteiger partial charge on any atom is -0.335 e. The highest BCUT2D eigenvalue weighted by molar-refractivity contribution is 7.17. The fourth-order valence-corrected chi connectivity index (χ4v) is 5.99. The van der Waals surface area contributed by atoms with Gasteiger partial charge in [0.05, 0.1) is 15.6 Å². The molecule has 1 fully saturated rings. The zero-order valence-electron chi connectivity index (χ0n) is 16.0. The summed E-state index contributed by atoms with van der Waals surface area (Å²) in [6.45, 7) is 6.34. The Bertz CT molecular complexity index is 1010. The molecular weight excluding hydrogens is 386 g/mol. The molecule has 1 aromatic carbocycles. The van der Waals surface area contributed by atoms with E-state index in [1.807, 2.05) is 11.8 Å². The number of benzene rings is 1. The molecule has 3 aromatic rings. The SMILES string of the molecule is Cc1nc(CN2CCN(C(=O)c3cc4c(s3)-c3ccccc3CC4)CC2)cs1. The Balaban J connectivity index is 1.26. The Morgan fingerprint density at radius 3 is 2.68 bits per heavy atom. The van der Waals surface area contributed by atoms with Gasteiger partial charge in [0.25, 0.3) is 5.91 Å². The van der Waals surface area contributed by atoms with Crippen molar-refractivity contribution in [2.45, 2.75) is 26.3 Å². The Morgan fingerprint density at radius 1 is 1.11 bits per heavy atom. The van der Waals surface area contributed by atoms with E-state index in [1.54, 1.807) is 22.7 Å². The number of nitrogens with zero attached hydrogens (tertiary/aromatic N) is 3. The molecule has 0 spiro atoms. The van der Waals surface area contributed by atoms with E-state index >= 15 is 0 Å². The molecule has 3 heterocycles. The highest BCUT2D eigenvalue weighted by Crippen LogP contribution is 2.39. The van der Waals surface area contributed by atoms with Crippen LogP contribution in [0.3, 0.4) is 0 Å². The quantitative estimate of drug-likeness (QED) is 0.649. The average Bonchev–Trinajstić information content (AvgIpc) is 3.34. The largest absolute Gasteiger partial charge is 0.335 e. The van der Waals surface area contributed by atoms with E-state index in [2.05, 4.69) is 45.6 Å². The van der Waals surface area contributed by atoms with Gasteiger partial charge in [-0.2, -0.15) is 0 Å². The molecule has 1 amide bonds. The maximum absolute atomic E-state index is 13.1. The number of amides is 1. The minimum absolute atomic E-state index is 0.195. The zero-order chi connectivity index (χ0) is 19.1. The first kappa shape index (κ1) is 18.0. The molecule has 4 nitrogen and oxygen atoms in total. The van der Waals surface area contributed by atoms with Crippen molar-refractivity contribution < 1.29 is 4.79 Å². The summed E-state index contributed by atoms with van der Waals surface area (Å²) in [4.78, 5) is 24.3. The number of carbonyl (C=O) groups excluding carboxylic acids is 1. The van der Waals surface area contributed by atoms with Gasteiger partial charge in [-0.05, 0) is 42.5 Å². The van der Waals surface area contributed by atoms with Crippen molar-refractivity contribution in [1.82, 2.24) is 14.8 Å². The van der Waals surface area contributed by atoms with E-state index in [9.17, 15) is 4.79 Å². The van der Waals surface area contributed by atoms with Crippen LogP contribution in [0.1, 0.15) is 31.5 Å². The number of hydrogen-bond acceptors (Lipinski definition) is 5. The Hall–Kier alpha value is -2.02. The molecular formula is C22H23N3OS2. The van der Waals surface area contributed by atoms with Crippen LogP contribution in [0.15, 0.2) is 35.7 Å². The predicted molar refractivity (Wildman–Crippen MR) is 115 cm³/mol. The van der Waals surface area contributed by atoms with E-state index in [-0.39, 0.29) is 5.91 Å². The molecule has 2 aliphatic rings. The van der Waals surface area contributed by atoms with E-state index < -0.39 is 0 Å². The molecule has 0 atom stereocenters. The van der Waals surface area contributed by atoms with Gasteiger partial charge in [0.1, 0.15) is 0 Å². The van der Waals surface area contributed by atoms with Crippen LogP contribution in [0.4, 0.5) is 0 Å². The van der Waals surface area contributed by atoms with Gasteiger partial charge in [0.2, 0.25) is 0 Å². The molecule has 6 heteroatoms. The average molecular weight is 410 g/mol. The monoisotopic (exact) mass is 409 g/mol. The molecule has 0 saturated carbocycles. The second-order valence-electron chi connectivity index (χ2n) is 7.55. The van der Waals surface area contributed by atoms with Crippen molar-refractivity contribution in [2.24, 2.45) is 0 Å². The molecule has 0 bridgehead atoms. The molecule has 28 heavy (non-hydrogen) atoms. The van der Waals surface area contributed by atoms with E-state index in [0.717, 1.165) is 61.1 Å². The van der Waals surface area contributed by atoms with Crippen molar-refractivity contribution in [3.05, 3.63) is 62.4 Å². The molecule has 144 valence electrons. The fourth-order valence-electron chi connectivity index (χ4n) is 4.15. The van der Waals surface area contributed by atoms with E-state index in [1.165, 1.54) is 21.6 Å². The van der Waals surface area contributed by atoms with Crippen LogP contribution in [0, 0.1) is 6.92 Å². The van der Waals surface area contributed by atoms with Gasteiger partial charge >= 0.3 is 0 Å². The van der Waals surface area contributed by atoms with Crippen molar-refractivity contribution in [2.75, 3.05) is 26.2 Å². The summed E-state index contributed by atoms with van der Waals surface area (Å²) in [7, 11) is 0. The number of piperazine rings is 1. The first-order chi connectivity index (χ1) is 13.7. The molecule has 5 rings (SSSR count). The van der Waals surface area contributed by atoms with Crippen LogP contribution in [0.25, 0.3) is 10.4 Å². The second kappa shape index (κ2) is 7.43. The van der Waals surface area contributed by atoms with Crippen LogP contribution >= 0.6 is 22.7 Å². The number of thiazole rings is 1. The summed E-state index contributed by atoms with van der Waals surface area (Å²) in [5.41, 5.74) is 5.20. The predicted octanol–water partition coefficient (Wildman–Crippen LogP) is 4.24. The van der Waals surface area contributed by atoms with E-state index in [0.29, 0.717) is 0 Å². The topological polar surface area (TPSA) is 36.4 Å². The summed E-state index contributed by atoms with van der Waals surface area (Å²) >= 11 is 3.38. The second-order valence-corrected chi connectivity index (χ2v) is 9.66. The first-order valence-corrected chi connectivity index (χ1v) is 11.5. The van der Waals surface area contributed by atoms with Gasteiger partial charge in [0, 0.05) is 43.0 Å². The van der Waals surface area contributed by atoms with Crippen LogP contribution in [0.5, 0.6) is 0 Å². The van der Waals surface area contributed by atoms with Gasteiger partial charge in [-0.15, -0.1) is 22.7 Å². The van der Waals surface area contributed by atoms with Gasteiger partial charge < -0.3 is 4.90 Å². The van der Waals surface area contributed by atoms with Gasteiger partial charge in [-0.25, -0.2) is 4.98 Å². The maximum atomic E-state index is 13.1.